The zero-order chi connectivity index (χ0) is 21.2. The molecule has 1 aliphatic rings. The van der Waals surface area contributed by atoms with E-state index in [1.807, 2.05) is 0 Å². The maximum atomic E-state index is 5.07. The molecule has 0 bridgehead atoms. The molecule has 1 rings (SSSR count). The van der Waals surface area contributed by atoms with Crippen LogP contribution in [0.1, 0.15) is 19.3 Å². The van der Waals surface area contributed by atoms with Crippen molar-refractivity contribution in [1.82, 2.24) is 14.0 Å². The van der Waals surface area contributed by atoms with Crippen LogP contribution in [0.25, 0.3) is 0 Å². The molecule has 0 saturated heterocycles. The summed E-state index contributed by atoms with van der Waals surface area (Å²) in [4.78, 5) is 0. The second-order valence-corrected chi connectivity index (χ2v) is 25.4. The molecule has 0 heterocycles. The predicted molar refractivity (Wildman–Crippen MR) is 129 cm³/mol. The molecule has 1 aliphatic carbocycles. The van der Waals surface area contributed by atoms with E-state index in [4.69, 9.17) is 15.3 Å². The quantitative estimate of drug-likeness (QED) is 0.463. The number of hydrazone groups is 3. The minimum atomic E-state index is -1.53. The molecule has 9 heteroatoms. The van der Waals surface area contributed by atoms with E-state index in [1.165, 1.54) is 0 Å². The zero-order valence-corrected chi connectivity index (χ0v) is 22.8. The zero-order valence-electron chi connectivity index (χ0n) is 19.8. The van der Waals surface area contributed by atoms with Crippen molar-refractivity contribution in [2.24, 2.45) is 15.3 Å². The predicted octanol–water partition coefficient (Wildman–Crippen LogP) is 4.54. The van der Waals surface area contributed by atoms with Crippen molar-refractivity contribution in [3.63, 3.8) is 0 Å². The fourth-order valence-electron chi connectivity index (χ4n) is 2.10. The molecule has 0 atom stereocenters. The van der Waals surface area contributed by atoms with Gasteiger partial charge >= 0.3 is 0 Å². The molecule has 6 nitrogen and oxygen atoms in total. The summed E-state index contributed by atoms with van der Waals surface area (Å²) in [5, 5.41) is 15.1. The van der Waals surface area contributed by atoms with E-state index in [1.54, 1.807) is 0 Å². The summed E-state index contributed by atoms with van der Waals surface area (Å²) in [6, 6.07) is 0. The SMILES string of the molecule is CN(N=C1/C(=N\N(C)[Si](C)(C)C)CCC/C1=N\N(C)[Si](C)(C)C)[Si](C)(C)C. The van der Waals surface area contributed by atoms with Gasteiger partial charge in [-0.2, -0.15) is 15.3 Å². The molecule has 156 valence electrons. The van der Waals surface area contributed by atoms with Crippen LogP contribution in [-0.4, -0.2) is 77.0 Å². The molecule has 0 aromatic rings. The highest BCUT2D eigenvalue weighted by Crippen LogP contribution is 2.19. The van der Waals surface area contributed by atoms with Crippen molar-refractivity contribution in [1.29, 1.82) is 0 Å². The molecular weight excluding hydrogens is 384 g/mol. The van der Waals surface area contributed by atoms with Gasteiger partial charge in [0.15, 0.2) is 24.7 Å². The molecule has 0 aliphatic heterocycles. The Balaban J connectivity index is 3.45. The van der Waals surface area contributed by atoms with E-state index in [2.05, 4.69) is 94.1 Å². The first-order chi connectivity index (χ1) is 12.0. The number of rotatable bonds is 6. The van der Waals surface area contributed by atoms with Crippen LogP contribution >= 0.6 is 0 Å². The molecule has 1 saturated carbocycles. The molecule has 0 amide bonds. The Labute approximate surface area is 170 Å². The van der Waals surface area contributed by atoms with E-state index < -0.39 is 24.7 Å². The maximum absolute atomic E-state index is 5.07. The average molecular weight is 427 g/mol. The van der Waals surface area contributed by atoms with Crippen LogP contribution in [0.3, 0.4) is 0 Å². The Bertz CT molecular complexity index is 568. The van der Waals surface area contributed by atoms with Gasteiger partial charge in [0.2, 0.25) is 0 Å². The highest BCUT2D eigenvalue weighted by molar-refractivity contribution is 6.76. The van der Waals surface area contributed by atoms with Crippen LogP contribution < -0.4 is 0 Å². The lowest BCUT2D eigenvalue weighted by atomic mass is 9.94. The highest BCUT2D eigenvalue weighted by Gasteiger charge is 2.29. The van der Waals surface area contributed by atoms with Gasteiger partial charge in [-0.15, -0.1) is 0 Å². The van der Waals surface area contributed by atoms with Crippen LogP contribution in [0.2, 0.25) is 58.9 Å². The summed E-state index contributed by atoms with van der Waals surface area (Å²) >= 11 is 0. The Morgan fingerprint density at radius 3 is 1.15 bits per heavy atom. The molecule has 0 aromatic carbocycles. The van der Waals surface area contributed by atoms with Gasteiger partial charge in [0.25, 0.3) is 0 Å². The Kier molecular flexibility index (Phi) is 7.68. The average Bonchev–Trinajstić information content (AvgIpc) is 2.47. The third-order valence-corrected chi connectivity index (χ3v) is 11.2. The van der Waals surface area contributed by atoms with Crippen molar-refractivity contribution < 1.29 is 0 Å². The second-order valence-electron chi connectivity index (χ2n) is 10.5. The van der Waals surface area contributed by atoms with Crippen LogP contribution in [0.5, 0.6) is 0 Å². The normalized spacial score (nSPS) is 21.1. The van der Waals surface area contributed by atoms with Crippen LogP contribution in [0.4, 0.5) is 0 Å². The molecule has 1 fully saturated rings. The Morgan fingerprint density at radius 2 is 0.852 bits per heavy atom. The molecule has 0 radical (unpaired) electrons. The van der Waals surface area contributed by atoms with Gasteiger partial charge in [-0.05, 0) is 19.3 Å². The fraction of sp³-hybridized carbons (Fsp3) is 0.833. The summed E-state index contributed by atoms with van der Waals surface area (Å²) in [5.41, 5.74) is 3.19. The molecule has 0 unspecified atom stereocenters. The fourth-order valence-corrected chi connectivity index (χ4v) is 3.34. The van der Waals surface area contributed by atoms with E-state index >= 15 is 0 Å². The maximum Gasteiger partial charge on any atom is 0.169 e. The second kappa shape index (κ2) is 8.61. The third kappa shape index (κ3) is 7.19. The number of hydrogen-bond donors (Lipinski definition) is 0. The minimum absolute atomic E-state index is 0.975. The Morgan fingerprint density at radius 1 is 0.556 bits per heavy atom. The van der Waals surface area contributed by atoms with Gasteiger partial charge in [0.05, 0.1) is 11.4 Å². The van der Waals surface area contributed by atoms with E-state index in [9.17, 15) is 0 Å². The number of nitrogens with zero attached hydrogens (tertiary/aromatic N) is 6. The van der Waals surface area contributed by atoms with Crippen molar-refractivity contribution in [2.45, 2.75) is 78.2 Å². The molecular formula is C18H42N6Si3. The van der Waals surface area contributed by atoms with E-state index in [-0.39, 0.29) is 0 Å². The van der Waals surface area contributed by atoms with Crippen LogP contribution in [0.15, 0.2) is 15.3 Å². The first-order valence-electron chi connectivity index (χ1n) is 9.99. The standard InChI is InChI=1S/C18H42N6Si3/c1-22(25(4,5)6)19-16-14-13-15-17(20-23(2)26(7,8)9)18(16)21-24(3)27(10,11)12/h13-15H2,1-12H3/b19-16-,20-17+,21-18?. The number of hydrogen-bond acceptors (Lipinski definition) is 6. The first kappa shape index (κ1) is 24.1. The lowest BCUT2D eigenvalue weighted by Crippen LogP contribution is -2.45. The van der Waals surface area contributed by atoms with E-state index in [0.717, 1.165) is 36.4 Å². The lowest BCUT2D eigenvalue weighted by molar-refractivity contribution is 0.536. The van der Waals surface area contributed by atoms with Gasteiger partial charge in [-0.25, -0.2) is 0 Å². The third-order valence-electron chi connectivity index (χ3n) is 5.08. The van der Waals surface area contributed by atoms with Crippen LogP contribution in [-0.2, 0) is 0 Å². The summed E-state index contributed by atoms with van der Waals surface area (Å²) in [6.45, 7) is 20.9. The van der Waals surface area contributed by atoms with Crippen molar-refractivity contribution in [3.05, 3.63) is 0 Å². The van der Waals surface area contributed by atoms with Gasteiger partial charge in [-0.1, -0.05) is 58.9 Å². The molecule has 27 heavy (non-hydrogen) atoms. The Hall–Kier alpha value is -0.939. The van der Waals surface area contributed by atoms with Gasteiger partial charge in [-0.3, -0.25) is 0 Å². The van der Waals surface area contributed by atoms with Crippen molar-refractivity contribution in [2.75, 3.05) is 21.1 Å². The van der Waals surface area contributed by atoms with Crippen LogP contribution in [0, 0.1) is 0 Å². The van der Waals surface area contributed by atoms with Crippen molar-refractivity contribution >= 4 is 41.8 Å². The largest absolute Gasteiger partial charge is 0.327 e. The first-order valence-corrected chi connectivity index (χ1v) is 20.3. The monoisotopic (exact) mass is 426 g/mol. The molecule has 0 spiro atoms. The smallest absolute Gasteiger partial charge is 0.169 e. The topological polar surface area (TPSA) is 46.8 Å². The molecule has 0 N–H and O–H groups in total. The van der Waals surface area contributed by atoms with E-state index in [0.29, 0.717) is 0 Å². The molecule has 0 aromatic heterocycles. The lowest BCUT2D eigenvalue weighted by Gasteiger charge is -2.33. The van der Waals surface area contributed by atoms with Gasteiger partial charge < -0.3 is 14.0 Å². The van der Waals surface area contributed by atoms with Gasteiger partial charge in [0.1, 0.15) is 5.71 Å². The van der Waals surface area contributed by atoms with Gasteiger partial charge in [0, 0.05) is 21.1 Å². The van der Waals surface area contributed by atoms with Crippen molar-refractivity contribution in [3.8, 4) is 0 Å². The summed E-state index contributed by atoms with van der Waals surface area (Å²) < 4.78 is 6.57. The highest BCUT2D eigenvalue weighted by atomic mass is 28.3. The minimum Gasteiger partial charge on any atom is -0.327 e. The summed E-state index contributed by atoms with van der Waals surface area (Å²) in [6.07, 6.45) is 3.04. The summed E-state index contributed by atoms with van der Waals surface area (Å²) in [7, 11) is 1.81. The summed E-state index contributed by atoms with van der Waals surface area (Å²) in [5.74, 6) is 0.